The van der Waals surface area contributed by atoms with E-state index in [9.17, 15) is 0 Å². The molecule has 0 saturated carbocycles. The molecule has 0 heteroatoms. The fourth-order valence-electron chi connectivity index (χ4n) is 1.38. The lowest BCUT2D eigenvalue weighted by atomic mass is 10.2. The highest BCUT2D eigenvalue weighted by molar-refractivity contribution is 5.48. The summed E-state index contributed by atoms with van der Waals surface area (Å²) in [6.07, 6.45) is 13.7. The van der Waals surface area contributed by atoms with E-state index in [4.69, 9.17) is 0 Å². The van der Waals surface area contributed by atoms with Crippen LogP contribution in [0.5, 0.6) is 0 Å². The summed E-state index contributed by atoms with van der Waals surface area (Å²) in [6, 6.07) is 10.4. The van der Waals surface area contributed by atoms with Gasteiger partial charge >= 0.3 is 0 Å². The van der Waals surface area contributed by atoms with Crippen molar-refractivity contribution in [1.82, 2.24) is 0 Å². The van der Waals surface area contributed by atoms with Crippen LogP contribution in [0.15, 0.2) is 48.6 Å². The average Bonchev–Trinajstić information content (AvgIpc) is 2.29. The molecule has 0 heterocycles. The van der Waals surface area contributed by atoms with Crippen molar-refractivity contribution in [2.75, 3.05) is 0 Å². The lowest BCUT2D eigenvalue weighted by molar-refractivity contribution is 0.813. The highest BCUT2D eigenvalue weighted by Gasteiger charge is 1.81. The molecule has 0 bridgehead atoms. The molecule has 1 aromatic carbocycles. The normalized spacial score (nSPS) is 11.5. The van der Waals surface area contributed by atoms with Gasteiger partial charge in [0.2, 0.25) is 0 Å². The standard InChI is InChI=1S/C15H20/c1-2-3-4-5-6-7-9-12-15-13-10-8-11-14-15/h5-6,8-14H,2-4,7H2,1H3/b6-5+,12-9+. The van der Waals surface area contributed by atoms with Crippen LogP contribution < -0.4 is 0 Å². The fourth-order valence-corrected chi connectivity index (χ4v) is 1.38. The Morgan fingerprint density at radius 2 is 1.80 bits per heavy atom. The smallest absolute Gasteiger partial charge is 0.0166 e. The predicted octanol–water partition coefficient (Wildman–Crippen LogP) is 4.84. The first-order chi connectivity index (χ1) is 7.43. The van der Waals surface area contributed by atoms with Crippen LogP contribution >= 0.6 is 0 Å². The Balaban J connectivity index is 2.20. The van der Waals surface area contributed by atoms with E-state index in [0.29, 0.717) is 0 Å². The van der Waals surface area contributed by atoms with E-state index < -0.39 is 0 Å². The molecule has 0 spiro atoms. The lowest BCUT2D eigenvalue weighted by Gasteiger charge is -1.90. The minimum atomic E-state index is 1.04. The Labute approximate surface area is 93.3 Å². The molecule has 0 radical (unpaired) electrons. The molecule has 0 aromatic heterocycles. The van der Waals surface area contributed by atoms with Crippen molar-refractivity contribution in [1.29, 1.82) is 0 Å². The van der Waals surface area contributed by atoms with Gasteiger partial charge in [0.05, 0.1) is 0 Å². The van der Waals surface area contributed by atoms with E-state index in [-0.39, 0.29) is 0 Å². The molecule has 0 aliphatic rings. The molecule has 80 valence electrons. The third-order valence-corrected chi connectivity index (χ3v) is 2.27. The van der Waals surface area contributed by atoms with Gasteiger partial charge in [0.25, 0.3) is 0 Å². The van der Waals surface area contributed by atoms with Gasteiger partial charge in [-0.25, -0.2) is 0 Å². The van der Waals surface area contributed by atoms with E-state index in [1.807, 2.05) is 6.07 Å². The number of allylic oxidation sites excluding steroid dienone is 3. The van der Waals surface area contributed by atoms with E-state index in [0.717, 1.165) is 6.42 Å². The summed E-state index contributed by atoms with van der Waals surface area (Å²) in [6.45, 7) is 2.23. The van der Waals surface area contributed by atoms with Crippen molar-refractivity contribution < 1.29 is 0 Å². The minimum Gasteiger partial charge on any atom is -0.0882 e. The van der Waals surface area contributed by atoms with Gasteiger partial charge in [-0.3, -0.25) is 0 Å². The van der Waals surface area contributed by atoms with Crippen LogP contribution in [0.3, 0.4) is 0 Å². The summed E-state index contributed by atoms with van der Waals surface area (Å²) >= 11 is 0. The number of hydrogen-bond acceptors (Lipinski definition) is 0. The summed E-state index contributed by atoms with van der Waals surface area (Å²) in [5.41, 5.74) is 1.28. The first-order valence-electron chi connectivity index (χ1n) is 5.80. The van der Waals surface area contributed by atoms with E-state index >= 15 is 0 Å². The van der Waals surface area contributed by atoms with Crippen molar-refractivity contribution in [2.24, 2.45) is 0 Å². The molecule has 0 unspecified atom stereocenters. The molecule has 0 atom stereocenters. The zero-order chi connectivity index (χ0) is 10.8. The minimum absolute atomic E-state index is 1.04. The van der Waals surface area contributed by atoms with Crippen molar-refractivity contribution in [3.05, 3.63) is 54.1 Å². The van der Waals surface area contributed by atoms with Gasteiger partial charge in [-0.1, -0.05) is 74.4 Å². The van der Waals surface area contributed by atoms with Crippen LogP contribution in [0.1, 0.15) is 38.2 Å². The van der Waals surface area contributed by atoms with Gasteiger partial charge in [0, 0.05) is 0 Å². The molecule has 0 amide bonds. The van der Waals surface area contributed by atoms with Gasteiger partial charge in [-0.2, -0.15) is 0 Å². The van der Waals surface area contributed by atoms with Gasteiger partial charge in [-0.15, -0.1) is 0 Å². The van der Waals surface area contributed by atoms with Crippen LogP contribution in [0.25, 0.3) is 6.08 Å². The maximum absolute atomic E-state index is 2.28. The first-order valence-corrected chi connectivity index (χ1v) is 5.80. The lowest BCUT2D eigenvalue weighted by Crippen LogP contribution is -1.69. The molecule has 0 aliphatic heterocycles. The Kier molecular flexibility index (Phi) is 6.31. The van der Waals surface area contributed by atoms with E-state index in [1.165, 1.54) is 24.8 Å². The van der Waals surface area contributed by atoms with Crippen molar-refractivity contribution in [3.8, 4) is 0 Å². The fraction of sp³-hybridized carbons (Fsp3) is 0.333. The molecule has 1 rings (SSSR count). The third kappa shape index (κ3) is 5.90. The second-order valence-corrected chi connectivity index (χ2v) is 3.66. The van der Waals surface area contributed by atoms with Crippen LogP contribution in [0.2, 0.25) is 0 Å². The summed E-state index contributed by atoms with van der Waals surface area (Å²) in [5.74, 6) is 0. The van der Waals surface area contributed by atoms with Crippen molar-refractivity contribution in [2.45, 2.75) is 32.6 Å². The Morgan fingerprint density at radius 3 is 2.53 bits per heavy atom. The molecular weight excluding hydrogens is 180 g/mol. The van der Waals surface area contributed by atoms with Gasteiger partial charge < -0.3 is 0 Å². The Bertz CT molecular complexity index is 293. The van der Waals surface area contributed by atoms with Crippen LogP contribution in [0.4, 0.5) is 0 Å². The quantitative estimate of drug-likeness (QED) is 0.455. The molecule has 0 fully saturated rings. The number of benzene rings is 1. The maximum atomic E-state index is 2.28. The topological polar surface area (TPSA) is 0 Å². The van der Waals surface area contributed by atoms with Gasteiger partial charge in [0.15, 0.2) is 0 Å². The average molecular weight is 200 g/mol. The Hall–Kier alpha value is -1.30. The van der Waals surface area contributed by atoms with Crippen LogP contribution in [-0.4, -0.2) is 0 Å². The molecule has 0 N–H and O–H groups in total. The largest absolute Gasteiger partial charge is 0.0882 e. The molecular formula is C15H20. The van der Waals surface area contributed by atoms with Gasteiger partial charge in [-0.05, 0) is 18.4 Å². The van der Waals surface area contributed by atoms with E-state index in [1.54, 1.807) is 0 Å². The molecule has 0 nitrogen and oxygen atoms in total. The second kappa shape index (κ2) is 8.05. The zero-order valence-corrected chi connectivity index (χ0v) is 9.52. The Morgan fingerprint density at radius 1 is 1.00 bits per heavy atom. The predicted molar refractivity (Wildman–Crippen MR) is 68.8 cm³/mol. The molecule has 0 saturated heterocycles. The summed E-state index contributed by atoms with van der Waals surface area (Å²) in [5, 5.41) is 0. The highest BCUT2D eigenvalue weighted by Crippen LogP contribution is 2.02. The highest BCUT2D eigenvalue weighted by atomic mass is 13.9. The van der Waals surface area contributed by atoms with Crippen LogP contribution in [-0.2, 0) is 0 Å². The maximum Gasteiger partial charge on any atom is -0.0166 e. The van der Waals surface area contributed by atoms with Gasteiger partial charge in [0.1, 0.15) is 0 Å². The molecule has 0 aliphatic carbocycles. The number of unbranched alkanes of at least 4 members (excludes halogenated alkanes) is 2. The second-order valence-electron chi connectivity index (χ2n) is 3.66. The number of hydrogen-bond donors (Lipinski definition) is 0. The number of rotatable bonds is 6. The third-order valence-electron chi connectivity index (χ3n) is 2.27. The summed E-state index contributed by atoms with van der Waals surface area (Å²) in [4.78, 5) is 0. The molecule has 15 heavy (non-hydrogen) atoms. The summed E-state index contributed by atoms with van der Waals surface area (Å²) in [7, 11) is 0. The van der Waals surface area contributed by atoms with Crippen molar-refractivity contribution in [3.63, 3.8) is 0 Å². The zero-order valence-electron chi connectivity index (χ0n) is 9.52. The first kappa shape index (κ1) is 11.8. The SMILES string of the molecule is CCCC/C=C/C/C=C/c1ccccc1. The molecule has 1 aromatic rings. The summed E-state index contributed by atoms with van der Waals surface area (Å²) < 4.78 is 0. The van der Waals surface area contributed by atoms with E-state index in [2.05, 4.69) is 55.5 Å². The van der Waals surface area contributed by atoms with Crippen LogP contribution in [0, 0.1) is 0 Å². The monoisotopic (exact) mass is 200 g/mol. The van der Waals surface area contributed by atoms with Crippen molar-refractivity contribution >= 4 is 6.08 Å².